The summed E-state index contributed by atoms with van der Waals surface area (Å²) in [5.74, 6) is 0. The highest BCUT2D eigenvalue weighted by Crippen LogP contribution is 2.54. The van der Waals surface area contributed by atoms with E-state index in [-0.39, 0.29) is 5.41 Å². The van der Waals surface area contributed by atoms with Gasteiger partial charge in [-0.1, -0.05) is 94.9 Å². The Labute approximate surface area is 157 Å². The molecule has 0 saturated carbocycles. The van der Waals surface area contributed by atoms with Crippen LogP contribution >= 0.6 is 31.9 Å². The summed E-state index contributed by atoms with van der Waals surface area (Å²) in [6.45, 7) is 4.63. The van der Waals surface area contributed by atoms with E-state index in [4.69, 9.17) is 0 Å². The zero-order valence-electron chi connectivity index (χ0n) is 14.0. The Hall–Kier alpha value is -0.600. The molecule has 2 aromatic carbocycles. The predicted octanol–water partition coefficient (Wildman–Crippen LogP) is 7.34. The molecule has 2 heteroatoms. The van der Waals surface area contributed by atoms with Gasteiger partial charge in [0.15, 0.2) is 0 Å². The van der Waals surface area contributed by atoms with E-state index in [1.54, 1.807) is 11.1 Å². The van der Waals surface area contributed by atoms with Crippen LogP contribution < -0.4 is 0 Å². The largest absolute Gasteiger partial charge is 0.0876 e. The predicted molar refractivity (Wildman–Crippen MR) is 108 cm³/mol. The molecule has 0 nitrogen and oxygen atoms in total. The lowest BCUT2D eigenvalue weighted by Crippen LogP contribution is -2.25. The molecular weight excluding hydrogens is 412 g/mol. The standard InChI is InChI=1S/C21H24Br2/c1-3-9-21(10-4-2)19-11-15(13-22)5-7-17(19)18-8-6-16(14-23)12-20(18)21/h5-8,11-12H,3-4,9-10,13-14H2,1-2H3. The van der Waals surface area contributed by atoms with Gasteiger partial charge < -0.3 is 0 Å². The average molecular weight is 436 g/mol. The minimum Gasteiger partial charge on any atom is -0.0876 e. The number of fused-ring (bicyclic) bond motifs is 3. The maximum Gasteiger partial charge on any atom is 0.0283 e. The summed E-state index contributed by atoms with van der Waals surface area (Å²) < 4.78 is 0. The fraction of sp³-hybridized carbons (Fsp3) is 0.429. The Bertz CT molecular complexity index is 641. The highest BCUT2D eigenvalue weighted by atomic mass is 79.9. The summed E-state index contributed by atoms with van der Waals surface area (Å²) in [5, 5.41) is 1.86. The Balaban J connectivity index is 2.28. The highest BCUT2D eigenvalue weighted by molar-refractivity contribution is 9.08. The average Bonchev–Trinajstić information content (AvgIpc) is 2.85. The van der Waals surface area contributed by atoms with Crippen LogP contribution in [0.4, 0.5) is 0 Å². The number of hydrogen-bond acceptors (Lipinski definition) is 0. The molecule has 0 radical (unpaired) electrons. The van der Waals surface area contributed by atoms with E-state index in [0.717, 1.165) is 10.7 Å². The van der Waals surface area contributed by atoms with Gasteiger partial charge in [-0.25, -0.2) is 0 Å². The first-order chi connectivity index (χ1) is 11.2. The maximum absolute atomic E-state index is 3.63. The molecule has 0 atom stereocenters. The van der Waals surface area contributed by atoms with Crippen molar-refractivity contribution in [1.82, 2.24) is 0 Å². The van der Waals surface area contributed by atoms with Crippen molar-refractivity contribution in [2.24, 2.45) is 0 Å². The van der Waals surface area contributed by atoms with Gasteiger partial charge in [-0.2, -0.15) is 0 Å². The quantitative estimate of drug-likeness (QED) is 0.416. The first-order valence-corrected chi connectivity index (χ1v) is 10.8. The van der Waals surface area contributed by atoms with Crippen molar-refractivity contribution in [2.45, 2.75) is 55.6 Å². The summed E-state index contributed by atoms with van der Waals surface area (Å²) in [4.78, 5) is 0. The molecule has 0 unspecified atom stereocenters. The Morgan fingerprint density at radius 3 is 1.52 bits per heavy atom. The molecule has 0 fully saturated rings. The minimum absolute atomic E-state index is 0.199. The van der Waals surface area contributed by atoms with Crippen molar-refractivity contribution in [3.05, 3.63) is 58.7 Å². The topological polar surface area (TPSA) is 0 Å². The molecule has 1 aliphatic rings. The monoisotopic (exact) mass is 434 g/mol. The number of alkyl halides is 2. The van der Waals surface area contributed by atoms with E-state index in [1.165, 1.54) is 47.9 Å². The van der Waals surface area contributed by atoms with Crippen LogP contribution in [0.5, 0.6) is 0 Å². The van der Waals surface area contributed by atoms with E-state index >= 15 is 0 Å². The van der Waals surface area contributed by atoms with Crippen molar-refractivity contribution < 1.29 is 0 Å². The number of halogens is 2. The number of rotatable bonds is 6. The Kier molecular flexibility index (Phi) is 5.32. The molecule has 2 aromatic rings. The van der Waals surface area contributed by atoms with E-state index in [2.05, 4.69) is 82.1 Å². The zero-order chi connectivity index (χ0) is 16.4. The van der Waals surface area contributed by atoms with E-state index < -0.39 is 0 Å². The smallest absolute Gasteiger partial charge is 0.0283 e. The zero-order valence-corrected chi connectivity index (χ0v) is 17.1. The second kappa shape index (κ2) is 7.11. The van der Waals surface area contributed by atoms with Crippen LogP contribution in [-0.4, -0.2) is 0 Å². The summed E-state index contributed by atoms with van der Waals surface area (Å²) in [6.07, 6.45) is 4.91. The molecule has 0 bridgehead atoms. The maximum atomic E-state index is 3.63. The molecule has 23 heavy (non-hydrogen) atoms. The van der Waals surface area contributed by atoms with Crippen molar-refractivity contribution in [1.29, 1.82) is 0 Å². The third-order valence-corrected chi connectivity index (χ3v) is 6.45. The van der Waals surface area contributed by atoms with Crippen LogP contribution in [0.3, 0.4) is 0 Å². The van der Waals surface area contributed by atoms with Crippen LogP contribution in [0.25, 0.3) is 11.1 Å². The molecular formula is C21H24Br2. The van der Waals surface area contributed by atoms with Crippen LogP contribution in [0.15, 0.2) is 36.4 Å². The number of benzene rings is 2. The van der Waals surface area contributed by atoms with Gasteiger partial charge in [-0.15, -0.1) is 0 Å². The lowest BCUT2D eigenvalue weighted by molar-refractivity contribution is 0.435. The van der Waals surface area contributed by atoms with Crippen LogP contribution in [-0.2, 0) is 16.1 Å². The van der Waals surface area contributed by atoms with Crippen molar-refractivity contribution in [3.63, 3.8) is 0 Å². The Morgan fingerprint density at radius 2 is 1.17 bits per heavy atom. The summed E-state index contributed by atoms with van der Waals surface area (Å²) in [5.41, 5.74) is 8.98. The molecule has 1 aliphatic carbocycles. The van der Waals surface area contributed by atoms with Gasteiger partial charge in [0.1, 0.15) is 0 Å². The van der Waals surface area contributed by atoms with Gasteiger partial charge >= 0.3 is 0 Å². The third-order valence-electron chi connectivity index (χ3n) is 5.15. The fourth-order valence-corrected chi connectivity index (χ4v) is 4.97. The van der Waals surface area contributed by atoms with Gasteiger partial charge in [0.2, 0.25) is 0 Å². The molecule has 0 N–H and O–H groups in total. The van der Waals surface area contributed by atoms with Gasteiger partial charge in [-0.05, 0) is 46.2 Å². The first kappa shape index (κ1) is 17.2. The Morgan fingerprint density at radius 1 is 0.739 bits per heavy atom. The molecule has 0 amide bonds. The lowest BCUT2D eigenvalue weighted by Gasteiger charge is -2.32. The van der Waals surface area contributed by atoms with Gasteiger partial charge in [0, 0.05) is 16.1 Å². The van der Waals surface area contributed by atoms with Crippen molar-refractivity contribution in [2.75, 3.05) is 0 Å². The second-order valence-corrected chi connectivity index (χ2v) is 7.73. The lowest BCUT2D eigenvalue weighted by atomic mass is 9.71. The van der Waals surface area contributed by atoms with Crippen LogP contribution in [0, 0.1) is 0 Å². The SMILES string of the molecule is CCCC1(CCC)c2cc(CBr)ccc2-c2ccc(CBr)cc21. The van der Waals surface area contributed by atoms with E-state index in [1.807, 2.05) is 0 Å². The molecule has 0 aromatic heterocycles. The van der Waals surface area contributed by atoms with E-state index in [9.17, 15) is 0 Å². The van der Waals surface area contributed by atoms with Crippen LogP contribution in [0.1, 0.15) is 61.8 Å². The van der Waals surface area contributed by atoms with Crippen molar-refractivity contribution >= 4 is 31.9 Å². The van der Waals surface area contributed by atoms with Gasteiger partial charge in [0.25, 0.3) is 0 Å². The minimum atomic E-state index is 0.199. The highest BCUT2D eigenvalue weighted by Gasteiger charge is 2.41. The molecule has 0 aliphatic heterocycles. The number of hydrogen-bond donors (Lipinski definition) is 0. The fourth-order valence-electron chi connectivity index (χ4n) is 4.27. The summed E-state index contributed by atoms with van der Waals surface area (Å²) in [7, 11) is 0. The van der Waals surface area contributed by atoms with Crippen molar-refractivity contribution in [3.8, 4) is 11.1 Å². The molecule has 0 heterocycles. The first-order valence-electron chi connectivity index (χ1n) is 8.59. The third kappa shape index (κ3) is 2.82. The summed E-state index contributed by atoms with van der Waals surface area (Å²) >= 11 is 7.27. The molecule has 122 valence electrons. The molecule has 3 rings (SSSR count). The van der Waals surface area contributed by atoms with Gasteiger partial charge in [-0.3, -0.25) is 0 Å². The molecule has 0 spiro atoms. The van der Waals surface area contributed by atoms with E-state index in [0.29, 0.717) is 0 Å². The van der Waals surface area contributed by atoms with Crippen LogP contribution in [0.2, 0.25) is 0 Å². The second-order valence-electron chi connectivity index (χ2n) is 6.61. The summed E-state index contributed by atoms with van der Waals surface area (Å²) in [6, 6.07) is 14.1. The normalized spacial score (nSPS) is 14.6. The van der Waals surface area contributed by atoms with Gasteiger partial charge in [0.05, 0.1) is 0 Å². The molecule has 0 saturated heterocycles.